The highest BCUT2D eigenvalue weighted by Crippen LogP contribution is 2.26. The van der Waals surface area contributed by atoms with Gasteiger partial charge < -0.3 is 61.7 Å². The van der Waals surface area contributed by atoms with Gasteiger partial charge in [0.1, 0.15) is 51.3 Å². The summed E-state index contributed by atoms with van der Waals surface area (Å²) >= 11 is 0. The summed E-state index contributed by atoms with van der Waals surface area (Å²) in [5.74, 6) is 5.94. The number of unbranched alkanes of at least 4 members (excludes halogenated alkanes) is 3. The normalized spacial score (nSPS) is 12.2. The van der Waals surface area contributed by atoms with E-state index < -0.39 is 0 Å². The molecule has 9 aromatic heterocycles. The average molecular weight is 1320 g/mol. The number of hydrogen-bond donors (Lipinski definition) is 8. The third kappa shape index (κ3) is 17.8. The molecule has 1 aliphatic rings. The zero-order valence-electron chi connectivity index (χ0n) is 54.9. The van der Waals surface area contributed by atoms with Crippen molar-refractivity contribution in [3.05, 3.63) is 210 Å². The maximum absolute atomic E-state index is 12.4. The Morgan fingerprint density at radius 3 is 1.23 bits per heavy atom. The van der Waals surface area contributed by atoms with Crippen LogP contribution in [0.1, 0.15) is 96.2 Å². The van der Waals surface area contributed by atoms with Gasteiger partial charge >= 0.3 is 17.1 Å². The molecule has 10 heterocycles. The molecule has 13 rings (SSSR count). The van der Waals surface area contributed by atoms with E-state index in [2.05, 4.69) is 76.5 Å². The molecule has 504 valence electrons. The van der Waals surface area contributed by atoms with Crippen molar-refractivity contribution >= 4 is 50.9 Å². The first-order chi connectivity index (χ1) is 47.6. The van der Waals surface area contributed by atoms with E-state index in [1.165, 1.54) is 4.57 Å². The first-order valence-corrected chi connectivity index (χ1v) is 32.3. The van der Waals surface area contributed by atoms with Crippen LogP contribution in [0.3, 0.4) is 0 Å². The number of aromatic nitrogens is 15. The Morgan fingerprint density at radius 1 is 0.490 bits per heavy atom. The van der Waals surface area contributed by atoms with Crippen LogP contribution in [0.15, 0.2) is 142 Å². The van der Waals surface area contributed by atoms with E-state index in [-0.39, 0.29) is 34.5 Å². The van der Waals surface area contributed by atoms with E-state index in [1.54, 1.807) is 37.0 Å². The van der Waals surface area contributed by atoms with Crippen molar-refractivity contribution in [3.63, 3.8) is 0 Å². The van der Waals surface area contributed by atoms with Gasteiger partial charge in [-0.2, -0.15) is 5.26 Å². The van der Waals surface area contributed by atoms with Crippen molar-refractivity contribution in [2.45, 2.75) is 111 Å². The molecule has 0 spiro atoms. The molecular formula is C70H77N21O7. The van der Waals surface area contributed by atoms with Crippen molar-refractivity contribution in [2.75, 3.05) is 44.0 Å². The van der Waals surface area contributed by atoms with Gasteiger partial charge in [-0.05, 0) is 157 Å². The molecule has 1 fully saturated rings. The van der Waals surface area contributed by atoms with Gasteiger partial charge in [-0.1, -0.05) is 54.6 Å². The highest BCUT2D eigenvalue weighted by molar-refractivity contribution is 5.83. The summed E-state index contributed by atoms with van der Waals surface area (Å²) in [6.45, 7) is 9.85. The average Bonchev–Trinajstić information content (AvgIpc) is 1.65. The van der Waals surface area contributed by atoms with Gasteiger partial charge in [-0.25, -0.2) is 59.2 Å². The first-order valence-electron chi connectivity index (χ1n) is 32.3. The number of hydrogen-bond acceptors (Lipinski definition) is 22. The van der Waals surface area contributed by atoms with Gasteiger partial charge in [0.25, 0.3) is 0 Å². The van der Waals surface area contributed by atoms with Crippen LogP contribution in [-0.2, 0) is 43.8 Å². The molecule has 3 aromatic carbocycles. The second-order valence-corrected chi connectivity index (χ2v) is 23.5. The number of nitrogens with two attached hydrogens (primary N) is 3. The van der Waals surface area contributed by atoms with Crippen LogP contribution in [-0.4, -0.2) is 106 Å². The molecule has 0 bridgehead atoms. The number of anilines is 3. The van der Waals surface area contributed by atoms with Gasteiger partial charge in [0.15, 0.2) is 34.4 Å². The first kappa shape index (κ1) is 67.7. The van der Waals surface area contributed by atoms with Crippen LogP contribution in [0.25, 0.3) is 33.5 Å². The zero-order valence-corrected chi connectivity index (χ0v) is 54.9. The summed E-state index contributed by atoms with van der Waals surface area (Å²) < 4.78 is 27.5. The topological polar surface area (TPSA) is 392 Å². The number of nitrogen functional groups attached to an aromatic ring is 3. The maximum Gasteiger partial charge on any atom is 0.328 e. The summed E-state index contributed by atoms with van der Waals surface area (Å²) in [5.41, 5.74) is 25.4. The Balaban J connectivity index is 0.000000149. The predicted molar refractivity (Wildman–Crippen MR) is 372 cm³/mol. The summed E-state index contributed by atoms with van der Waals surface area (Å²) in [6, 6.07) is 42.5. The van der Waals surface area contributed by atoms with Gasteiger partial charge in [-0.15, -0.1) is 0 Å². The number of pyridine rings is 3. The van der Waals surface area contributed by atoms with E-state index in [9.17, 15) is 14.4 Å². The Morgan fingerprint density at radius 2 is 0.857 bits per heavy atom. The second kappa shape index (κ2) is 32.2. The van der Waals surface area contributed by atoms with Crippen LogP contribution in [0.5, 0.6) is 34.9 Å². The number of imidazole rings is 3. The van der Waals surface area contributed by atoms with Crippen molar-refractivity contribution in [3.8, 4) is 41.0 Å². The number of fused-ring (bicyclic) bond motifs is 3. The van der Waals surface area contributed by atoms with Crippen LogP contribution < -0.4 is 59.1 Å². The standard InChI is InChI=1S/C24H28N8O2.C23H23N7O2.C23H26N6O3/c1-15-28-22(25)21-23(29-15)32(24(33)31-21)14-16-5-7-19(8-6-16)34-20-4-2-3-18(30-20)13-27-17-9-11-26-12-10-17;1-15-26-21(25)20-22(27-15)30(23(31)29-20)14-16-9-11-18(12-10-16)32-19-8-5-7-17(28-19)6-3-2-4-13-24;1-15-25-21(24)20-22(26-15)29(23(30)28-20)14-16-9-11-18(12-10-16)32-19-8-5-7-17(27-19)6-3-4-13-31-2/h2-8,17,26-27H,9-14H2,1H3,(H,31,33)(H2,25,28,29);5,7-12H,2-4,6,14H2,1H3,(H,29,31)(H2,25,26,27);5,7-12H,3-4,6,13-14H2,1-2H3,(H,28,30)(H2,24,25,26). The van der Waals surface area contributed by atoms with Gasteiger partial charge in [0, 0.05) is 62.3 Å². The van der Waals surface area contributed by atoms with Crippen LogP contribution in [0.4, 0.5) is 17.5 Å². The van der Waals surface area contributed by atoms with E-state index in [4.69, 9.17) is 41.4 Å². The summed E-state index contributed by atoms with van der Waals surface area (Å²) in [7, 11) is 1.71. The molecule has 11 N–H and O–H groups in total. The molecule has 1 saturated heterocycles. The largest absolute Gasteiger partial charge is 0.439 e. The third-order valence-corrected chi connectivity index (χ3v) is 16.0. The molecule has 0 aliphatic carbocycles. The highest BCUT2D eigenvalue weighted by atomic mass is 16.5. The minimum absolute atomic E-state index is 0.256. The fourth-order valence-corrected chi connectivity index (χ4v) is 11.1. The summed E-state index contributed by atoms with van der Waals surface area (Å²) in [5, 5.41) is 15.6. The number of benzene rings is 3. The molecule has 0 saturated carbocycles. The monoisotopic (exact) mass is 1320 g/mol. The minimum atomic E-state index is -0.289. The van der Waals surface area contributed by atoms with Crippen molar-refractivity contribution in [1.29, 1.82) is 5.26 Å². The number of ether oxygens (including phenoxy) is 4. The van der Waals surface area contributed by atoms with Crippen LogP contribution in [0, 0.1) is 32.1 Å². The molecule has 0 unspecified atom stereocenters. The number of aromatic amines is 3. The molecule has 28 heteroatoms. The lowest BCUT2D eigenvalue weighted by atomic mass is 10.1. The molecule has 1 aliphatic heterocycles. The Kier molecular flexibility index (Phi) is 22.2. The zero-order chi connectivity index (χ0) is 68.5. The minimum Gasteiger partial charge on any atom is -0.439 e. The number of rotatable bonds is 24. The number of nitriles is 1. The number of nitrogens with one attached hydrogen (secondary N) is 5. The number of piperidine rings is 1. The quantitative estimate of drug-likeness (QED) is 0.0262. The van der Waals surface area contributed by atoms with Gasteiger partial charge in [-0.3, -0.25) is 13.7 Å². The Bertz CT molecular complexity index is 4910. The Hall–Kier alpha value is -11.7. The molecule has 28 nitrogen and oxygen atoms in total. The second-order valence-electron chi connectivity index (χ2n) is 23.5. The fraction of sp³-hybridized carbons (Fsp3) is 0.300. The highest BCUT2D eigenvalue weighted by Gasteiger charge is 2.18. The molecule has 0 radical (unpaired) electrons. The molecule has 0 atom stereocenters. The van der Waals surface area contributed by atoms with Crippen LogP contribution in [0.2, 0.25) is 0 Å². The van der Waals surface area contributed by atoms with Gasteiger partial charge in [0.05, 0.1) is 31.4 Å². The van der Waals surface area contributed by atoms with Gasteiger partial charge in [0.2, 0.25) is 17.6 Å². The van der Waals surface area contributed by atoms with Crippen molar-refractivity contribution in [2.24, 2.45) is 0 Å². The lowest BCUT2D eigenvalue weighted by Gasteiger charge is -2.23. The predicted octanol–water partition coefficient (Wildman–Crippen LogP) is 8.78. The van der Waals surface area contributed by atoms with E-state index >= 15 is 0 Å². The number of aryl methyl sites for hydroxylation is 5. The lowest BCUT2D eigenvalue weighted by molar-refractivity contribution is 0.193. The van der Waals surface area contributed by atoms with E-state index in [0.29, 0.717) is 124 Å². The summed E-state index contributed by atoms with van der Waals surface area (Å²) in [4.78, 5) is 84.6. The summed E-state index contributed by atoms with van der Waals surface area (Å²) in [6.07, 6.45) is 8.32. The molecular weight excluding hydrogens is 1250 g/mol. The van der Waals surface area contributed by atoms with Crippen molar-refractivity contribution < 1.29 is 18.9 Å². The fourth-order valence-electron chi connectivity index (χ4n) is 11.1. The van der Waals surface area contributed by atoms with Crippen molar-refractivity contribution in [1.82, 2.24) is 84.1 Å². The number of H-pyrrole nitrogens is 3. The SMILES string of the molecule is COCCCCc1cccc(Oc2ccc(Cn3c(=O)[nH]c4c(N)nc(C)nc43)cc2)n1.Cc1nc(N)c2[nH]c(=O)n(Cc3ccc(Oc4cccc(CCCCC#N)n4)cc3)c2n1.Cc1nc(N)c2[nH]c(=O)n(Cc3ccc(Oc4cccc(CNC5CCNCC5)n4)cc3)c2n1. The molecule has 0 amide bonds. The van der Waals surface area contributed by atoms with Crippen LogP contribution >= 0.6 is 0 Å². The van der Waals surface area contributed by atoms with E-state index in [0.717, 1.165) is 105 Å². The van der Waals surface area contributed by atoms with E-state index in [1.807, 2.05) is 127 Å². The smallest absolute Gasteiger partial charge is 0.328 e. The Labute approximate surface area is 562 Å². The maximum atomic E-state index is 12.4. The molecule has 98 heavy (non-hydrogen) atoms. The number of nitrogens with zero attached hydrogens (tertiary/aromatic N) is 13. The number of methoxy groups -OCH3 is 1. The third-order valence-electron chi connectivity index (χ3n) is 16.0. The molecule has 12 aromatic rings. The lowest BCUT2D eigenvalue weighted by Crippen LogP contribution is -2.39.